The fourth-order valence-electron chi connectivity index (χ4n) is 1.34. The molecule has 1 aromatic rings. The molecule has 0 spiro atoms. The highest BCUT2D eigenvalue weighted by atomic mass is 19.1. The molecule has 1 amide bonds. The maximum atomic E-state index is 13.4. The van der Waals surface area contributed by atoms with Crippen molar-refractivity contribution in [2.24, 2.45) is 5.41 Å². The van der Waals surface area contributed by atoms with Gasteiger partial charge in [0.15, 0.2) is 0 Å². The molecule has 0 heterocycles. The van der Waals surface area contributed by atoms with Crippen LogP contribution in [0.2, 0.25) is 0 Å². The van der Waals surface area contributed by atoms with Gasteiger partial charge in [-0.2, -0.15) is 0 Å². The molecule has 1 N–H and O–H groups in total. The Hall–Kier alpha value is -1.45. The lowest BCUT2D eigenvalue weighted by Gasteiger charge is -2.22. The van der Waals surface area contributed by atoms with Crippen molar-refractivity contribution in [3.63, 3.8) is 0 Å². The highest BCUT2D eigenvalue weighted by molar-refractivity contribution is 5.81. The zero-order valence-corrected chi connectivity index (χ0v) is 10.5. The molecule has 1 rings (SSSR count). The molecule has 17 heavy (non-hydrogen) atoms. The molecule has 1 atom stereocenters. The molecule has 4 heteroatoms. The molecule has 0 saturated carbocycles. The number of amides is 1. The lowest BCUT2D eigenvalue weighted by molar-refractivity contribution is -0.129. The second-order valence-corrected chi connectivity index (χ2v) is 5.11. The molecular weight excluding hydrogens is 224 g/mol. The van der Waals surface area contributed by atoms with Crippen molar-refractivity contribution >= 4 is 5.91 Å². The molecule has 0 aliphatic carbocycles. The van der Waals surface area contributed by atoms with Crippen LogP contribution < -0.4 is 5.32 Å². The molecule has 1 aromatic carbocycles. The molecule has 0 saturated heterocycles. The van der Waals surface area contributed by atoms with E-state index in [1.807, 2.05) is 0 Å². The van der Waals surface area contributed by atoms with Crippen LogP contribution in [0.3, 0.4) is 0 Å². The van der Waals surface area contributed by atoms with Gasteiger partial charge in [-0.3, -0.25) is 4.79 Å². The first-order valence-corrected chi connectivity index (χ1v) is 5.47. The summed E-state index contributed by atoms with van der Waals surface area (Å²) in [5, 5.41) is 2.66. The summed E-state index contributed by atoms with van der Waals surface area (Å²) in [5.41, 5.74) is -0.402. The summed E-state index contributed by atoms with van der Waals surface area (Å²) in [4.78, 5) is 11.7. The number of carbonyl (C=O) groups excluding carboxylic acids is 1. The second kappa shape index (κ2) is 4.82. The van der Waals surface area contributed by atoms with E-state index in [0.717, 1.165) is 18.2 Å². The highest BCUT2D eigenvalue weighted by Crippen LogP contribution is 2.20. The van der Waals surface area contributed by atoms with Gasteiger partial charge in [-0.15, -0.1) is 0 Å². The summed E-state index contributed by atoms with van der Waals surface area (Å²) < 4.78 is 26.4. The summed E-state index contributed by atoms with van der Waals surface area (Å²) in [6.45, 7) is 6.91. The molecule has 0 radical (unpaired) electrons. The van der Waals surface area contributed by atoms with Crippen LogP contribution in [-0.4, -0.2) is 5.91 Å². The van der Waals surface area contributed by atoms with E-state index in [4.69, 9.17) is 0 Å². The average Bonchev–Trinajstić information content (AvgIpc) is 2.20. The van der Waals surface area contributed by atoms with E-state index in [9.17, 15) is 13.6 Å². The minimum Gasteiger partial charge on any atom is -0.349 e. The van der Waals surface area contributed by atoms with Crippen LogP contribution in [0.5, 0.6) is 0 Å². The van der Waals surface area contributed by atoms with Gasteiger partial charge in [0, 0.05) is 11.0 Å². The Labute approximate surface area is 100 Å². The molecule has 0 bridgehead atoms. The summed E-state index contributed by atoms with van der Waals surface area (Å²) in [7, 11) is 0. The number of hydrogen-bond donors (Lipinski definition) is 1. The molecular formula is C13H17F2NO. The van der Waals surface area contributed by atoms with Crippen LogP contribution in [0, 0.1) is 17.0 Å². The van der Waals surface area contributed by atoms with Crippen molar-refractivity contribution in [3.8, 4) is 0 Å². The van der Waals surface area contributed by atoms with E-state index in [-0.39, 0.29) is 11.5 Å². The van der Waals surface area contributed by atoms with Gasteiger partial charge in [0.05, 0.1) is 6.04 Å². The topological polar surface area (TPSA) is 29.1 Å². The lowest BCUT2D eigenvalue weighted by atomic mass is 9.94. The summed E-state index contributed by atoms with van der Waals surface area (Å²) in [5.74, 6) is -1.24. The van der Waals surface area contributed by atoms with Gasteiger partial charge >= 0.3 is 0 Å². The van der Waals surface area contributed by atoms with Gasteiger partial charge in [0.1, 0.15) is 11.6 Å². The predicted octanol–water partition coefficient (Wildman–Crippen LogP) is 3.19. The third-order valence-electron chi connectivity index (χ3n) is 2.45. The van der Waals surface area contributed by atoms with Crippen LogP contribution in [-0.2, 0) is 4.79 Å². The van der Waals surface area contributed by atoms with Crippen molar-refractivity contribution in [3.05, 3.63) is 35.4 Å². The number of carbonyl (C=O) groups is 1. The van der Waals surface area contributed by atoms with Gasteiger partial charge in [-0.05, 0) is 25.1 Å². The first-order valence-electron chi connectivity index (χ1n) is 5.47. The Bertz CT molecular complexity index is 424. The fraction of sp³-hybridized carbons (Fsp3) is 0.462. The van der Waals surface area contributed by atoms with Crippen LogP contribution in [0.4, 0.5) is 8.78 Å². The molecule has 0 aromatic heterocycles. The number of nitrogens with one attached hydrogen (secondary N) is 1. The Kier molecular flexibility index (Phi) is 3.86. The zero-order valence-electron chi connectivity index (χ0n) is 10.5. The van der Waals surface area contributed by atoms with Gasteiger partial charge in [-0.25, -0.2) is 8.78 Å². The van der Waals surface area contributed by atoms with Gasteiger partial charge in [0.25, 0.3) is 0 Å². The zero-order chi connectivity index (χ0) is 13.2. The average molecular weight is 241 g/mol. The Balaban J connectivity index is 2.87. The molecule has 0 aliphatic rings. The normalized spacial score (nSPS) is 13.3. The number of rotatable bonds is 2. The highest BCUT2D eigenvalue weighted by Gasteiger charge is 2.24. The predicted molar refractivity (Wildman–Crippen MR) is 62.4 cm³/mol. The van der Waals surface area contributed by atoms with Crippen LogP contribution >= 0.6 is 0 Å². The molecule has 0 fully saturated rings. The van der Waals surface area contributed by atoms with Crippen molar-refractivity contribution < 1.29 is 13.6 Å². The number of hydrogen-bond acceptors (Lipinski definition) is 1. The first kappa shape index (κ1) is 13.6. The maximum Gasteiger partial charge on any atom is 0.225 e. The number of benzene rings is 1. The van der Waals surface area contributed by atoms with E-state index >= 15 is 0 Å². The van der Waals surface area contributed by atoms with E-state index in [0.29, 0.717) is 0 Å². The van der Waals surface area contributed by atoms with Crippen LogP contribution in [0.15, 0.2) is 18.2 Å². The van der Waals surface area contributed by atoms with Gasteiger partial charge in [-0.1, -0.05) is 20.8 Å². The van der Waals surface area contributed by atoms with E-state index in [1.165, 1.54) is 0 Å². The van der Waals surface area contributed by atoms with Crippen molar-refractivity contribution in [2.45, 2.75) is 33.7 Å². The molecule has 1 unspecified atom stereocenters. The Morgan fingerprint density at radius 3 is 2.41 bits per heavy atom. The first-order chi connectivity index (χ1) is 7.71. The Morgan fingerprint density at radius 2 is 1.88 bits per heavy atom. The minimum absolute atomic E-state index is 0.155. The van der Waals surface area contributed by atoms with Gasteiger partial charge < -0.3 is 5.32 Å². The molecule has 0 aliphatic heterocycles. The standard InChI is InChI=1S/C13H17F2NO/c1-8(16-12(17)13(2,3)4)10-7-9(14)5-6-11(10)15/h5-8H,1-4H3,(H,16,17). The van der Waals surface area contributed by atoms with E-state index in [1.54, 1.807) is 27.7 Å². The van der Waals surface area contributed by atoms with E-state index < -0.39 is 23.1 Å². The molecule has 94 valence electrons. The monoisotopic (exact) mass is 241 g/mol. The van der Waals surface area contributed by atoms with Crippen molar-refractivity contribution in [1.82, 2.24) is 5.32 Å². The van der Waals surface area contributed by atoms with Crippen LogP contribution in [0.25, 0.3) is 0 Å². The summed E-state index contributed by atoms with van der Waals surface area (Å²) >= 11 is 0. The van der Waals surface area contributed by atoms with Crippen molar-refractivity contribution in [2.75, 3.05) is 0 Å². The summed E-state index contributed by atoms with van der Waals surface area (Å²) in [6, 6.07) is 2.65. The van der Waals surface area contributed by atoms with Gasteiger partial charge in [0.2, 0.25) is 5.91 Å². The lowest BCUT2D eigenvalue weighted by Crippen LogP contribution is -2.36. The largest absolute Gasteiger partial charge is 0.349 e. The van der Waals surface area contributed by atoms with Crippen LogP contribution in [0.1, 0.15) is 39.3 Å². The fourth-order valence-corrected chi connectivity index (χ4v) is 1.34. The third kappa shape index (κ3) is 3.51. The van der Waals surface area contributed by atoms with Crippen molar-refractivity contribution in [1.29, 1.82) is 0 Å². The third-order valence-corrected chi connectivity index (χ3v) is 2.45. The van der Waals surface area contributed by atoms with E-state index in [2.05, 4.69) is 5.32 Å². The number of halogens is 2. The summed E-state index contributed by atoms with van der Waals surface area (Å²) in [6.07, 6.45) is 0. The maximum absolute atomic E-state index is 13.4. The molecule has 2 nitrogen and oxygen atoms in total. The smallest absolute Gasteiger partial charge is 0.225 e. The Morgan fingerprint density at radius 1 is 1.29 bits per heavy atom. The quantitative estimate of drug-likeness (QED) is 0.846. The minimum atomic E-state index is -0.558. The second-order valence-electron chi connectivity index (χ2n) is 5.11. The SMILES string of the molecule is CC(NC(=O)C(C)(C)C)c1cc(F)ccc1F.